The first-order valence-corrected chi connectivity index (χ1v) is 6.53. The van der Waals surface area contributed by atoms with Crippen LogP contribution in [0.1, 0.15) is 25.3 Å². The van der Waals surface area contributed by atoms with Crippen molar-refractivity contribution in [1.29, 1.82) is 0 Å². The van der Waals surface area contributed by atoms with E-state index in [9.17, 15) is 0 Å². The van der Waals surface area contributed by atoms with Gasteiger partial charge >= 0.3 is 0 Å². The second-order valence-electron chi connectivity index (χ2n) is 4.30. The molecule has 2 heterocycles. The summed E-state index contributed by atoms with van der Waals surface area (Å²) in [6.07, 6.45) is 3.76. The molecule has 5 nitrogen and oxygen atoms in total. The molecule has 1 aromatic rings. The molecule has 3 rings (SSSR count). The highest BCUT2D eigenvalue weighted by Crippen LogP contribution is 2.36. The molecule has 0 unspecified atom stereocenters. The van der Waals surface area contributed by atoms with Crippen molar-refractivity contribution in [2.75, 3.05) is 18.8 Å². The maximum absolute atomic E-state index is 4.07. The van der Waals surface area contributed by atoms with Crippen molar-refractivity contribution in [2.24, 2.45) is 5.92 Å². The summed E-state index contributed by atoms with van der Waals surface area (Å²) >= 11 is 1.80. The molecule has 0 amide bonds. The second kappa shape index (κ2) is 4.09. The molecule has 0 aromatic carbocycles. The number of nitrogens with zero attached hydrogens (tertiary/aromatic N) is 4. The lowest BCUT2D eigenvalue weighted by molar-refractivity contribution is 0.341. The number of aromatic nitrogens is 4. The Hall–Kier alpha value is -0.620. The lowest BCUT2D eigenvalue weighted by atomic mass is 10.0. The molecule has 0 spiro atoms. The van der Waals surface area contributed by atoms with Crippen LogP contribution in [0.3, 0.4) is 0 Å². The fraction of sp³-hybridized carbons (Fsp3) is 0.889. The van der Waals surface area contributed by atoms with Gasteiger partial charge in [-0.25, -0.2) is 4.68 Å². The molecule has 1 aliphatic heterocycles. The Kier molecular flexibility index (Phi) is 2.62. The predicted molar refractivity (Wildman–Crippen MR) is 57.8 cm³/mol. The van der Waals surface area contributed by atoms with Gasteiger partial charge in [0.2, 0.25) is 5.16 Å². The molecule has 1 N–H and O–H groups in total. The van der Waals surface area contributed by atoms with Gasteiger partial charge in [-0.1, -0.05) is 11.8 Å². The molecule has 0 radical (unpaired) electrons. The van der Waals surface area contributed by atoms with E-state index in [1.54, 1.807) is 11.8 Å². The molecule has 1 aliphatic carbocycles. The van der Waals surface area contributed by atoms with Crippen molar-refractivity contribution in [1.82, 2.24) is 25.5 Å². The van der Waals surface area contributed by atoms with Crippen molar-refractivity contribution >= 4 is 11.8 Å². The summed E-state index contributed by atoms with van der Waals surface area (Å²) in [6.45, 7) is 2.38. The molecule has 0 atom stereocenters. The zero-order valence-electron chi connectivity index (χ0n) is 8.59. The van der Waals surface area contributed by atoms with E-state index in [4.69, 9.17) is 0 Å². The second-order valence-corrected chi connectivity index (χ2v) is 5.36. The summed E-state index contributed by atoms with van der Waals surface area (Å²) < 4.78 is 1.99. The van der Waals surface area contributed by atoms with E-state index in [0.29, 0.717) is 6.04 Å². The molecule has 0 bridgehead atoms. The van der Waals surface area contributed by atoms with Crippen molar-refractivity contribution in [2.45, 2.75) is 30.5 Å². The van der Waals surface area contributed by atoms with Crippen molar-refractivity contribution in [3.63, 3.8) is 0 Å². The first-order valence-electron chi connectivity index (χ1n) is 5.55. The maximum Gasteiger partial charge on any atom is 0.209 e. The molecule has 6 heteroatoms. The Morgan fingerprint density at radius 3 is 2.93 bits per heavy atom. The molecule has 82 valence electrons. The monoisotopic (exact) mass is 225 g/mol. The van der Waals surface area contributed by atoms with E-state index in [1.807, 2.05) is 4.68 Å². The fourth-order valence-electron chi connectivity index (χ4n) is 1.70. The highest BCUT2D eigenvalue weighted by molar-refractivity contribution is 7.99. The summed E-state index contributed by atoms with van der Waals surface area (Å²) in [4.78, 5) is 0. The SMILES string of the molecule is C(CC1CNC1)Sc1nnnn1C1CC1. The number of thioether (sulfide) groups is 1. The normalized spacial score (nSPS) is 21.6. The molecule has 2 aliphatic rings. The summed E-state index contributed by atoms with van der Waals surface area (Å²) in [5.74, 6) is 2.02. The summed E-state index contributed by atoms with van der Waals surface area (Å²) in [5.41, 5.74) is 0. The smallest absolute Gasteiger partial charge is 0.209 e. The number of nitrogens with one attached hydrogen (secondary N) is 1. The Morgan fingerprint density at radius 1 is 1.40 bits per heavy atom. The van der Waals surface area contributed by atoms with Crippen LogP contribution >= 0.6 is 11.8 Å². The van der Waals surface area contributed by atoms with Crippen LogP contribution in [0.15, 0.2) is 5.16 Å². The largest absolute Gasteiger partial charge is 0.316 e. The van der Waals surface area contributed by atoms with Gasteiger partial charge in [-0.05, 0) is 48.7 Å². The zero-order valence-corrected chi connectivity index (χ0v) is 9.41. The minimum absolute atomic E-state index is 0.591. The van der Waals surface area contributed by atoms with E-state index >= 15 is 0 Å². The molecule has 1 saturated heterocycles. The lowest BCUT2D eigenvalue weighted by Crippen LogP contribution is -2.42. The van der Waals surface area contributed by atoms with Gasteiger partial charge in [0.05, 0.1) is 6.04 Å². The Morgan fingerprint density at radius 2 is 2.27 bits per heavy atom. The zero-order chi connectivity index (χ0) is 10.1. The average Bonchev–Trinajstić information content (AvgIpc) is 2.91. The van der Waals surface area contributed by atoms with Gasteiger partial charge in [0.25, 0.3) is 0 Å². The summed E-state index contributed by atoms with van der Waals surface area (Å²) in [5, 5.41) is 16.1. The fourth-order valence-corrected chi connectivity index (χ4v) is 2.74. The quantitative estimate of drug-likeness (QED) is 0.748. The van der Waals surface area contributed by atoms with Crippen LogP contribution in [0.4, 0.5) is 0 Å². The van der Waals surface area contributed by atoms with Crippen LogP contribution in [0.5, 0.6) is 0 Å². The van der Waals surface area contributed by atoms with E-state index in [2.05, 4.69) is 20.8 Å². The van der Waals surface area contributed by atoms with Crippen LogP contribution in [0.25, 0.3) is 0 Å². The molecule has 2 fully saturated rings. The molecular formula is C9H15N5S. The van der Waals surface area contributed by atoms with E-state index < -0.39 is 0 Å². The van der Waals surface area contributed by atoms with Gasteiger partial charge in [0.15, 0.2) is 0 Å². The molecular weight excluding hydrogens is 210 g/mol. The highest BCUT2D eigenvalue weighted by Gasteiger charge is 2.28. The van der Waals surface area contributed by atoms with Gasteiger partial charge in [0.1, 0.15) is 0 Å². The van der Waals surface area contributed by atoms with E-state index in [-0.39, 0.29) is 0 Å². The number of rotatable bonds is 5. The summed E-state index contributed by atoms with van der Waals surface area (Å²) in [6, 6.07) is 0.591. The van der Waals surface area contributed by atoms with Crippen molar-refractivity contribution in [3.8, 4) is 0 Å². The maximum atomic E-state index is 4.07. The first kappa shape index (κ1) is 9.59. The molecule has 1 aromatic heterocycles. The topological polar surface area (TPSA) is 55.6 Å². The van der Waals surface area contributed by atoms with Crippen molar-refractivity contribution < 1.29 is 0 Å². The Bertz CT molecular complexity index is 331. The number of tetrazole rings is 1. The van der Waals surface area contributed by atoms with Crippen molar-refractivity contribution in [3.05, 3.63) is 0 Å². The minimum Gasteiger partial charge on any atom is -0.316 e. The average molecular weight is 225 g/mol. The molecule has 1 saturated carbocycles. The van der Waals surface area contributed by atoms with Crippen LogP contribution < -0.4 is 5.32 Å². The van der Waals surface area contributed by atoms with Gasteiger partial charge in [-0.2, -0.15) is 0 Å². The van der Waals surface area contributed by atoms with E-state index in [1.165, 1.54) is 32.4 Å². The lowest BCUT2D eigenvalue weighted by Gasteiger charge is -2.26. The molecule has 15 heavy (non-hydrogen) atoms. The highest BCUT2D eigenvalue weighted by atomic mass is 32.2. The third-order valence-electron chi connectivity index (χ3n) is 2.98. The Balaban J connectivity index is 1.49. The van der Waals surface area contributed by atoms with Gasteiger partial charge < -0.3 is 5.32 Å². The van der Waals surface area contributed by atoms with Gasteiger partial charge in [-0.3, -0.25) is 0 Å². The summed E-state index contributed by atoms with van der Waals surface area (Å²) in [7, 11) is 0. The Labute approximate surface area is 93.0 Å². The van der Waals surface area contributed by atoms with Crippen LogP contribution in [0.2, 0.25) is 0 Å². The van der Waals surface area contributed by atoms with Gasteiger partial charge in [-0.15, -0.1) is 5.10 Å². The third kappa shape index (κ3) is 2.15. The number of hydrogen-bond donors (Lipinski definition) is 1. The van der Waals surface area contributed by atoms with Crippen LogP contribution in [-0.4, -0.2) is 39.0 Å². The van der Waals surface area contributed by atoms with Gasteiger partial charge in [0, 0.05) is 5.75 Å². The number of hydrogen-bond acceptors (Lipinski definition) is 5. The van der Waals surface area contributed by atoms with E-state index in [0.717, 1.165) is 16.8 Å². The standard InChI is InChI=1S/C9H15N5S/c1-2-8(1)14-9(11-12-13-14)15-4-3-7-5-10-6-7/h7-8,10H,1-6H2. The predicted octanol–water partition coefficient (Wildman–Crippen LogP) is 0.710. The van der Waals surface area contributed by atoms with Crippen LogP contribution in [0, 0.1) is 5.92 Å². The third-order valence-corrected chi connectivity index (χ3v) is 3.95. The minimum atomic E-state index is 0.591. The van der Waals surface area contributed by atoms with Crippen LogP contribution in [-0.2, 0) is 0 Å². The first-order chi connectivity index (χ1) is 7.43.